The van der Waals surface area contributed by atoms with E-state index in [2.05, 4.69) is 12.2 Å². The Kier molecular flexibility index (Phi) is 11.6. The molecule has 1 amide bonds. The molecule has 0 bridgehead atoms. The maximum atomic E-state index is 13.1. The number of likely N-dealkylation sites (tertiary alicyclic amines) is 1. The number of carboxylic acid groups (broad SMARTS) is 1. The van der Waals surface area contributed by atoms with E-state index in [-0.39, 0.29) is 30.0 Å². The number of rotatable bonds is 8. The fourth-order valence-electron chi connectivity index (χ4n) is 4.19. The number of carbonyl (C=O) groups is 3. The highest BCUT2D eigenvalue weighted by Crippen LogP contribution is 2.15. The predicted octanol–water partition coefficient (Wildman–Crippen LogP) is 1.85. The molecule has 1 aliphatic rings. The van der Waals surface area contributed by atoms with Crippen LogP contribution in [0.4, 0.5) is 13.2 Å². The van der Waals surface area contributed by atoms with Crippen molar-refractivity contribution in [2.24, 2.45) is 0 Å². The molecule has 11 heteroatoms. The molecular formula is C27H33F3N2O6. The first-order chi connectivity index (χ1) is 17.9. The lowest BCUT2D eigenvalue weighted by atomic mass is 9.98. The van der Waals surface area contributed by atoms with Gasteiger partial charge < -0.3 is 29.6 Å². The minimum Gasteiger partial charge on any atom is -0.542 e. The lowest BCUT2D eigenvalue weighted by Crippen LogP contribution is -3.21. The average Bonchev–Trinajstić information content (AvgIpc) is 2.91. The number of carbonyl (C=O) groups excluding carboxylic acids is 3. The van der Waals surface area contributed by atoms with Gasteiger partial charge in [-0.15, -0.1) is 0 Å². The summed E-state index contributed by atoms with van der Waals surface area (Å²) < 4.78 is 42.2. The van der Waals surface area contributed by atoms with E-state index in [1.807, 2.05) is 49.4 Å². The summed E-state index contributed by atoms with van der Waals surface area (Å²) in [5.74, 6) is -2.44. The van der Waals surface area contributed by atoms with Crippen LogP contribution in [-0.2, 0) is 14.3 Å². The zero-order valence-corrected chi connectivity index (χ0v) is 21.5. The molecule has 2 aromatic rings. The third-order valence-corrected chi connectivity index (χ3v) is 6.27. The number of methoxy groups -OCH3 is 1. The van der Waals surface area contributed by atoms with Crippen molar-refractivity contribution < 1.29 is 47.0 Å². The van der Waals surface area contributed by atoms with Crippen LogP contribution in [0.1, 0.15) is 55.1 Å². The van der Waals surface area contributed by atoms with Crippen molar-refractivity contribution in [3.63, 3.8) is 0 Å². The van der Waals surface area contributed by atoms with E-state index in [9.17, 15) is 22.8 Å². The first-order valence-electron chi connectivity index (χ1n) is 12.2. The topological polar surface area (TPSA) is 109 Å². The van der Waals surface area contributed by atoms with Crippen molar-refractivity contribution in [3.8, 4) is 5.75 Å². The number of hydrogen-bond acceptors (Lipinski definition) is 6. The fraction of sp³-hybridized carbons (Fsp3) is 0.444. The SMILES string of the molecule is COC(=O)c1ccc([C@H](C)NC(=O)[C@H]2CCCC[NH+]2C(C)COc2ccccc2)cc1.O=C([O-])C(F)(F)F. The summed E-state index contributed by atoms with van der Waals surface area (Å²) in [7, 11) is 1.36. The number of nitrogens with one attached hydrogen (secondary N) is 2. The first-order valence-corrected chi connectivity index (χ1v) is 12.2. The summed E-state index contributed by atoms with van der Waals surface area (Å²) in [5.41, 5.74) is 1.46. The van der Waals surface area contributed by atoms with Gasteiger partial charge in [-0.3, -0.25) is 4.79 Å². The molecule has 0 saturated carbocycles. The quantitative estimate of drug-likeness (QED) is 0.497. The minimum atomic E-state index is -5.19. The third-order valence-electron chi connectivity index (χ3n) is 6.27. The first kappa shape index (κ1) is 30.6. The monoisotopic (exact) mass is 538 g/mol. The molecule has 1 aliphatic heterocycles. The number of amides is 1. The predicted molar refractivity (Wildman–Crippen MR) is 130 cm³/mol. The number of ether oxygens (including phenoxy) is 2. The second-order valence-electron chi connectivity index (χ2n) is 9.03. The van der Waals surface area contributed by atoms with Crippen LogP contribution < -0.4 is 20.1 Å². The van der Waals surface area contributed by atoms with Gasteiger partial charge in [-0.25, -0.2) is 4.79 Å². The van der Waals surface area contributed by atoms with Gasteiger partial charge in [0, 0.05) is 6.42 Å². The molecule has 38 heavy (non-hydrogen) atoms. The summed E-state index contributed by atoms with van der Waals surface area (Å²) in [4.78, 5) is 34.8. The van der Waals surface area contributed by atoms with Crippen LogP contribution in [0.2, 0.25) is 0 Å². The van der Waals surface area contributed by atoms with E-state index < -0.39 is 12.1 Å². The van der Waals surface area contributed by atoms with Crippen LogP contribution >= 0.6 is 0 Å². The van der Waals surface area contributed by atoms with Crippen molar-refractivity contribution >= 4 is 17.8 Å². The number of piperidine rings is 1. The van der Waals surface area contributed by atoms with E-state index in [0.717, 1.165) is 37.1 Å². The number of quaternary nitrogens is 1. The molecular weight excluding hydrogens is 505 g/mol. The second-order valence-corrected chi connectivity index (χ2v) is 9.03. The van der Waals surface area contributed by atoms with E-state index in [1.54, 1.807) is 12.1 Å². The largest absolute Gasteiger partial charge is 0.542 e. The maximum absolute atomic E-state index is 13.1. The minimum absolute atomic E-state index is 0.0748. The van der Waals surface area contributed by atoms with E-state index in [1.165, 1.54) is 12.0 Å². The van der Waals surface area contributed by atoms with Crippen LogP contribution in [0.5, 0.6) is 5.75 Å². The molecule has 2 aromatic carbocycles. The Morgan fingerprint density at radius 3 is 2.21 bits per heavy atom. The molecule has 2 N–H and O–H groups in total. The number of para-hydroxylation sites is 1. The van der Waals surface area contributed by atoms with Crippen LogP contribution in [-0.4, -0.2) is 56.4 Å². The van der Waals surface area contributed by atoms with Gasteiger partial charge in [0.05, 0.1) is 25.3 Å². The molecule has 4 atom stereocenters. The molecule has 8 nitrogen and oxygen atoms in total. The maximum Gasteiger partial charge on any atom is 0.430 e. The molecule has 0 radical (unpaired) electrons. The van der Waals surface area contributed by atoms with Crippen molar-refractivity contribution in [2.45, 2.75) is 57.4 Å². The van der Waals surface area contributed by atoms with Gasteiger partial charge in [-0.2, -0.15) is 13.2 Å². The van der Waals surface area contributed by atoms with Crippen LogP contribution in [0.3, 0.4) is 0 Å². The van der Waals surface area contributed by atoms with Crippen LogP contribution in [0, 0.1) is 0 Å². The lowest BCUT2D eigenvalue weighted by molar-refractivity contribution is -0.943. The highest BCUT2D eigenvalue weighted by molar-refractivity contribution is 5.89. The van der Waals surface area contributed by atoms with Crippen molar-refractivity contribution in [3.05, 3.63) is 65.7 Å². The van der Waals surface area contributed by atoms with Crippen LogP contribution in [0.25, 0.3) is 0 Å². The van der Waals surface area contributed by atoms with E-state index in [4.69, 9.17) is 19.4 Å². The van der Waals surface area contributed by atoms with Gasteiger partial charge in [0.15, 0.2) is 6.04 Å². The Morgan fingerprint density at radius 2 is 1.66 bits per heavy atom. The van der Waals surface area contributed by atoms with E-state index >= 15 is 0 Å². The zero-order chi connectivity index (χ0) is 28.3. The number of hydrogen-bond donors (Lipinski definition) is 2. The number of alkyl halides is 3. The number of esters is 1. The molecule has 0 aromatic heterocycles. The van der Waals surface area contributed by atoms with Crippen LogP contribution in [0.15, 0.2) is 54.6 Å². The van der Waals surface area contributed by atoms with Gasteiger partial charge in [0.2, 0.25) is 0 Å². The molecule has 1 fully saturated rings. The van der Waals surface area contributed by atoms with Crippen molar-refractivity contribution in [2.75, 3.05) is 20.3 Å². The molecule has 208 valence electrons. The summed E-state index contributed by atoms with van der Waals surface area (Å²) in [6.45, 7) is 5.67. The molecule has 0 aliphatic carbocycles. The van der Waals surface area contributed by atoms with Crippen molar-refractivity contribution in [1.29, 1.82) is 0 Å². The lowest BCUT2D eigenvalue weighted by Gasteiger charge is -2.36. The van der Waals surface area contributed by atoms with Gasteiger partial charge in [0.25, 0.3) is 5.91 Å². The highest BCUT2D eigenvalue weighted by atomic mass is 19.4. The zero-order valence-electron chi connectivity index (χ0n) is 21.5. The number of carboxylic acids is 1. The Balaban J connectivity index is 0.000000638. The van der Waals surface area contributed by atoms with Gasteiger partial charge >= 0.3 is 12.1 Å². The Hall–Kier alpha value is -3.60. The Morgan fingerprint density at radius 1 is 1.05 bits per heavy atom. The van der Waals surface area contributed by atoms with Gasteiger partial charge in [0.1, 0.15) is 24.4 Å². The van der Waals surface area contributed by atoms with E-state index in [0.29, 0.717) is 12.2 Å². The molecule has 3 rings (SSSR count). The van der Waals surface area contributed by atoms with Gasteiger partial charge in [-0.05, 0) is 56.5 Å². The number of benzene rings is 2. The second kappa shape index (κ2) is 14.4. The number of aliphatic carboxylic acids is 1. The summed E-state index contributed by atoms with van der Waals surface area (Å²) >= 11 is 0. The average molecular weight is 539 g/mol. The smallest absolute Gasteiger partial charge is 0.430 e. The summed E-state index contributed by atoms with van der Waals surface area (Å²) in [6, 6.07) is 17.0. The summed E-state index contributed by atoms with van der Waals surface area (Å²) in [6.07, 6.45) is -2.12. The molecule has 1 saturated heterocycles. The number of halogens is 3. The Labute approximate surface area is 219 Å². The normalized spacial score (nSPS) is 18.7. The molecule has 1 heterocycles. The van der Waals surface area contributed by atoms with Crippen molar-refractivity contribution in [1.82, 2.24) is 5.32 Å². The molecule has 0 spiro atoms. The fourth-order valence-corrected chi connectivity index (χ4v) is 4.19. The highest BCUT2D eigenvalue weighted by Gasteiger charge is 2.36. The molecule has 2 unspecified atom stereocenters. The van der Waals surface area contributed by atoms with Gasteiger partial charge in [-0.1, -0.05) is 30.3 Å². The standard InChI is InChI=1S/C25H32N2O4.C2HF3O2/c1-18(17-31-22-9-5-4-6-10-22)27-16-8-7-11-23(27)24(28)26-19(2)20-12-14-21(15-13-20)25(29)30-3;3-2(4,5)1(6)7/h4-6,9-10,12-15,18-19,23H,7-8,11,16-17H2,1-3H3,(H,26,28);(H,6,7)/t18?,19-,23+;/m0./s1. The third kappa shape index (κ3) is 9.37. The Bertz CT molecular complexity index is 1050. The summed E-state index contributed by atoms with van der Waals surface area (Å²) in [5, 5.41) is 12.0.